The topological polar surface area (TPSA) is 64.4 Å². The number of benzene rings is 1. The van der Waals surface area contributed by atoms with Gasteiger partial charge in [-0.05, 0) is 5.56 Å². The molecule has 1 aromatic carbocycles. The number of nitrogens with two attached hydrogens (primary N) is 2. The molecule has 0 aromatic heterocycles. The van der Waals surface area contributed by atoms with Crippen LogP contribution in [0.1, 0.15) is 5.56 Å². The minimum atomic E-state index is 0. The Morgan fingerprint density at radius 1 is 1.25 bits per heavy atom. The Bertz CT molecular complexity index is 246. The van der Waals surface area contributed by atoms with E-state index in [9.17, 15) is 0 Å². The molecule has 0 aliphatic carbocycles. The highest BCUT2D eigenvalue weighted by Crippen LogP contribution is 1.98. The second-order valence-electron chi connectivity index (χ2n) is 2.28. The summed E-state index contributed by atoms with van der Waals surface area (Å²) in [6, 6.07) is 9.84. The molecule has 0 spiro atoms. The molecule has 1 aromatic rings. The van der Waals surface area contributed by atoms with Gasteiger partial charge in [-0.1, -0.05) is 30.3 Å². The fourth-order valence-electron chi connectivity index (χ4n) is 0.851. The second-order valence-corrected chi connectivity index (χ2v) is 2.28. The first-order valence-corrected chi connectivity index (χ1v) is 3.39. The van der Waals surface area contributed by atoms with E-state index in [0.29, 0.717) is 12.3 Å². The van der Waals surface area contributed by atoms with E-state index in [1.807, 2.05) is 30.3 Å². The zero-order valence-corrected chi connectivity index (χ0v) is 8.93. The van der Waals surface area contributed by atoms with E-state index in [0.717, 1.165) is 5.56 Å². The first kappa shape index (κ1) is 11.2. The van der Waals surface area contributed by atoms with Gasteiger partial charge in [-0.3, -0.25) is 0 Å². The highest BCUT2D eigenvalue weighted by atomic mass is 127. The molecular formula is C8H12IN3. The summed E-state index contributed by atoms with van der Waals surface area (Å²) in [7, 11) is 0. The standard InChI is InChI=1S/C8H11N3.HI/c9-8(11-10)6-7-4-2-1-3-5-7;/h1-5H,6,10H2,(H2,9,11);1H. The van der Waals surface area contributed by atoms with E-state index in [1.54, 1.807) is 0 Å². The molecule has 0 bridgehead atoms. The number of hydrogen-bond acceptors (Lipinski definition) is 2. The van der Waals surface area contributed by atoms with Crippen LogP contribution in [0.2, 0.25) is 0 Å². The van der Waals surface area contributed by atoms with Gasteiger partial charge in [0.05, 0.1) is 0 Å². The molecular weight excluding hydrogens is 265 g/mol. The molecule has 66 valence electrons. The van der Waals surface area contributed by atoms with Crippen molar-refractivity contribution in [3.8, 4) is 0 Å². The van der Waals surface area contributed by atoms with Gasteiger partial charge < -0.3 is 11.6 Å². The predicted octanol–water partition coefficient (Wildman–Crippen LogP) is 1.08. The number of nitrogens with zero attached hydrogens (tertiary/aromatic N) is 1. The molecule has 0 atom stereocenters. The molecule has 0 heterocycles. The van der Waals surface area contributed by atoms with E-state index in [2.05, 4.69) is 5.10 Å². The van der Waals surface area contributed by atoms with Crippen molar-refractivity contribution in [1.29, 1.82) is 0 Å². The summed E-state index contributed by atoms with van der Waals surface area (Å²) in [6.45, 7) is 0. The fraction of sp³-hybridized carbons (Fsp3) is 0.125. The van der Waals surface area contributed by atoms with Crippen LogP contribution in [0.3, 0.4) is 0 Å². The molecule has 4 N–H and O–H groups in total. The Hall–Kier alpha value is -0.780. The zero-order chi connectivity index (χ0) is 8.10. The minimum absolute atomic E-state index is 0. The van der Waals surface area contributed by atoms with E-state index < -0.39 is 0 Å². The van der Waals surface area contributed by atoms with Gasteiger partial charge in [-0.15, -0.1) is 24.0 Å². The van der Waals surface area contributed by atoms with Crippen LogP contribution in [0, 0.1) is 0 Å². The van der Waals surface area contributed by atoms with Gasteiger partial charge in [-0.2, -0.15) is 5.10 Å². The van der Waals surface area contributed by atoms with Crippen molar-refractivity contribution in [2.24, 2.45) is 16.7 Å². The summed E-state index contributed by atoms with van der Waals surface area (Å²) >= 11 is 0. The first-order chi connectivity index (χ1) is 5.33. The average Bonchev–Trinajstić information content (AvgIpc) is 2.06. The third-order valence-corrected chi connectivity index (χ3v) is 1.39. The monoisotopic (exact) mass is 277 g/mol. The van der Waals surface area contributed by atoms with Crippen LogP contribution < -0.4 is 11.6 Å². The minimum Gasteiger partial charge on any atom is -0.385 e. The molecule has 0 saturated heterocycles. The van der Waals surface area contributed by atoms with E-state index in [4.69, 9.17) is 11.6 Å². The first-order valence-electron chi connectivity index (χ1n) is 3.39. The van der Waals surface area contributed by atoms with Gasteiger partial charge >= 0.3 is 0 Å². The Balaban J connectivity index is 0.00000121. The van der Waals surface area contributed by atoms with Crippen molar-refractivity contribution in [2.45, 2.75) is 6.42 Å². The van der Waals surface area contributed by atoms with E-state index >= 15 is 0 Å². The molecule has 3 nitrogen and oxygen atoms in total. The summed E-state index contributed by atoms with van der Waals surface area (Å²) in [6.07, 6.45) is 0.622. The van der Waals surface area contributed by atoms with Crippen LogP contribution in [-0.2, 0) is 6.42 Å². The molecule has 4 heteroatoms. The van der Waals surface area contributed by atoms with Crippen LogP contribution in [0.15, 0.2) is 35.4 Å². The van der Waals surface area contributed by atoms with Crippen LogP contribution in [0.25, 0.3) is 0 Å². The lowest BCUT2D eigenvalue weighted by Gasteiger charge is -1.97. The highest BCUT2D eigenvalue weighted by molar-refractivity contribution is 14.0. The molecule has 0 aliphatic heterocycles. The maximum absolute atomic E-state index is 5.43. The summed E-state index contributed by atoms with van der Waals surface area (Å²) in [5.41, 5.74) is 6.55. The summed E-state index contributed by atoms with van der Waals surface area (Å²) in [5.74, 6) is 5.44. The Morgan fingerprint density at radius 2 is 1.83 bits per heavy atom. The number of rotatable bonds is 2. The molecule has 0 fully saturated rings. The van der Waals surface area contributed by atoms with Crippen LogP contribution in [0.5, 0.6) is 0 Å². The normalized spacial score (nSPS) is 10.5. The summed E-state index contributed by atoms with van der Waals surface area (Å²) < 4.78 is 0. The van der Waals surface area contributed by atoms with Gasteiger partial charge in [-0.25, -0.2) is 0 Å². The smallest absolute Gasteiger partial charge is 0.123 e. The second kappa shape index (κ2) is 5.82. The molecule has 12 heavy (non-hydrogen) atoms. The number of hydrogen-bond donors (Lipinski definition) is 2. The molecule has 1 rings (SSSR count). The van der Waals surface area contributed by atoms with Crippen molar-refractivity contribution in [3.05, 3.63) is 35.9 Å². The maximum Gasteiger partial charge on any atom is 0.123 e. The average molecular weight is 277 g/mol. The van der Waals surface area contributed by atoms with Crippen LogP contribution >= 0.6 is 24.0 Å². The molecule has 0 radical (unpaired) electrons. The van der Waals surface area contributed by atoms with Gasteiger partial charge in [0.25, 0.3) is 0 Å². The van der Waals surface area contributed by atoms with Gasteiger partial charge in [0.15, 0.2) is 0 Å². The molecule has 0 unspecified atom stereocenters. The Kier molecular flexibility index (Phi) is 5.44. The predicted molar refractivity (Wildman–Crippen MR) is 61.4 cm³/mol. The Labute approximate surface area is 88.9 Å². The van der Waals surface area contributed by atoms with Crippen LogP contribution in [-0.4, -0.2) is 5.84 Å². The number of hydrazone groups is 1. The van der Waals surface area contributed by atoms with Crippen molar-refractivity contribution >= 4 is 29.8 Å². The summed E-state index contributed by atoms with van der Waals surface area (Å²) in [4.78, 5) is 0. The van der Waals surface area contributed by atoms with Crippen molar-refractivity contribution in [1.82, 2.24) is 0 Å². The van der Waals surface area contributed by atoms with Crippen LogP contribution in [0.4, 0.5) is 0 Å². The van der Waals surface area contributed by atoms with Crippen molar-refractivity contribution in [3.63, 3.8) is 0 Å². The van der Waals surface area contributed by atoms with Gasteiger partial charge in [0.1, 0.15) is 5.84 Å². The number of halogens is 1. The quantitative estimate of drug-likeness (QED) is 0.279. The molecule has 0 saturated carbocycles. The third-order valence-electron chi connectivity index (χ3n) is 1.39. The lowest BCUT2D eigenvalue weighted by molar-refractivity contribution is 1.17. The van der Waals surface area contributed by atoms with Gasteiger partial charge in [0.2, 0.25) is 0 Å². The fourth-order valence-corrected chi connectivity index (χ4v) is 0.851. The van der Waals surface area contributed by atoms with E-state index in [1.165, 1.54) is 0 Å². The molecule has 0 aliphatic rings. The third kappa shape index (κ3) is 3.56. The lowest BCUT2D eigenvalue weighted by Crippen LogP contribution is -2.16. The van der Waals surface area contributed by atoms with Gasteiger partial charge in [0, 0.05) is 6.42 Å². The maximum atomic E-state index is 5.43. The lowest BCUT2D eigenvalue weighted by atomic mass is 10.1. The van der Waals surface area contributed by atoms with Crippen molar-refractivity contribution < 1.29 is 0 Å². The zero-order valence-electron chi connectivity index (χ0n) is 6.60. The summed E-state index contributed by atoms with van der Waals surface area (Å²) in [5, 5.41) is 3.38. The van der Waals surface area contributed by atoms with E-state index in [-0.39, 0.29) is 24.0 Å². The molecule has 0 amide bonds. The number of amidine groups is 1. The Morgan fingerprint density at radius 3 is 2.33 bits per heavy atom. The largest absolute Gasteiger partial charge is 0.385 e. The van der Waals surface area contributed by atoms with Crippen molar-refractivity contribution in [2.75, 3.05) is 0 Å². The highest BCUT2D eigenvalue weighted by Gasteiger charge is 1.93. The SMILES string of the molecule is I.N/N=C(\N)Cc1ccccc1.